The Morgan fingerprint density at radius 2 is 2.38 bits per heavy atom. The van der Waals surface area contributed by atoms with E-state index in [1.807, 2.05) is 0 Å². The molecule has 4 nitrogen and oxygen atoms in total. The van der Waals surface area contributed by atoms with Gasteiger partial charge in [0.05, 0.1) is 8.82 Å². The van der Waals surface area contributed by atoms with Crippen molar-refractivity contribution in [1.29, 1.82) is 0 Å². The van der Waals surface area contributed by atoms with Gasteiger partial charge >= 0.3 is 5.97 Å². The van der Waals surface area contributed by atoms with E-state index in [-0.39, 0.29) is 0 Å². The Labute approximate surface area is 49.7 Å². The molecule has 0 fully saturated rings. The van der Waals surface area contributed by atoms with Crippen LogP contribution in [0.3, 0.4) is 0 Å². The zero-order valence-electron chi connectivity index (χ0n) is 6.38. The van der Waals surface area contributed by atoms with Crippen LogP contribution in [0.25, 0.3) is 0 Å². The fourth-order valence-corrected chi connectivity index (χ4v) is 0.155. The number of aliphatic hydroxyl groups is 1. The van der Waals surface area contributed by atoms with Crippen molar-refractivity contribution in [3.05, 3.63) is 0 Å². The highest BCUT2D eigenvalue weighted by molar-refractivity contribution is 5.73. The molecule has 0 spiro atoms. The summed E-state index contributed by atoms with van der Waals surface area (Å²) in [6.07, 6.45) is -2.49. The minimum absolute atomic E-state index is 0.841. The lowest BCUT2D eigenvalue weighted by Crippen LogP contribution is -2.39. The summed E-state index contributed by atoms with van der Waals surface area (Å²) in [5.74, 6) is -1.73. The Morgan fingerprint density at radius 1 is 2.00 bits per heavy atom. The predicted octanol–water partition coefficient (Wildman–Crippen LogP) is -1.22. The Morgan fingerprint density at radius 3 is 2.38 bits per heavy atom. The van der Waals surface area contributed by atoms with Crippen molar-refractivity contribution in [3.63, 3.8) is 0 Å². The zero-order chi connectivity index (χ0) is 8.58. The quantitative estimate of drug-likeness (QED) is 0.401. The van der Waals surface area contributed by atoms with Crippen LogP contribution >= 0.6 is 0 Å². The Kier molecular flexibility index (Phi) is 1.41. The molecule has 4 N–H and O–H groups in total. The van der Waals surface area contributed by atoms with Crippen LogP contribution in [0, 0.1) is 0 Å². The molecule has 0 aromatic carbocycles. The van der Waals surface area contributed by atoms with E-state index in [9.17, 15) is 4.79 Å². The van der Waals surface area contributed by atoms with Crippen LogP contribution in [0.4, 0.5) is 0 Å². The van der Waals surface area contributed by atoms with Crippen LogP contribution in [-0.4, -0.2) is 28.3 Å². The van der Waals surface area contributed by atoms with Gasteiger partial charge in [0.25, 0.3) is 0 Å². The number of carboxylic acid groups (broad SMARTS) is 1. The molecular weight excluding hydrogens is 111 g/mol. The van der Waals surface area contributed by atoms with Crippen molar-refractivity contribution >= 4 is 5.97 Å². The van der Waals surface area contributed by atoms with Crippen LogP contribution in [0.5, 0.6) is 0 Å². The average molecular weight is 122 g/mol. The molecule has 8 heavy (non-hydrogen) atoms. The van der Waals surface area contributed by atoms with Gasteiger partial charge in [0, 0.05) is 0 Å². The summed E-state index contributed by atoms with van der Waals surface area (Å²) in [5.41, 5.74) is 4.77. The van der Waals surface area contributed by atoms with E-state index in [1.54, 1.807) is 0 Å². The van der Waals surface area contributed by atoms with Crippen LogP contribution in [0.15, 0.2) is 0 Å². The first-order valence-corrected chi connectivity index (χ1v) is 1.94. The van der Waals surface area contributed by atoms with E-state index in [4.69, 9.17) is 18.7 Å². The first-order valence-electron chi connectivity index (χ1n) is 2.94. The molecule has 0 aliphatic heterocycles. The van der Waals surface area contributed by atoms with Crippen LogP contribution in [0.2, 0.25) is 0 Å². The van der Waals surface area contributed by atoms with Gasteiger partial charge in [-0.2, -0.15) is 0 Å². The number of hydrogen-bond donors (Lipinski definition) is 3. The molecule has 0 aromatic heterocycles. The lowest BCUT2D eigenvalue weighted by Gasteiger charge is -2.06. The Hall–Kier alpha value is -0.610. The monoisotopic (exact) mass is 122 g/mol. The SMILES string of the molecule is [2H]C([13CH3])(O)[C@]([2H])(N)C(=O)O. The van der Waals surface area contributed by atoms with Gasteiger partial charge in [-0.3, -0.25) is 4.79 Å². The molecule has 4 heteroatoms. The largest absolute Gasteiger partial charge is 0.480 e. The average Bonchev–Trinajstić information content (AvgIpc) is 1.62. The first kappa shape index (κ1) is 4.29. The second kappa shape index (κ2) is 2.64. The zero-order valence-corrected chi connectivity index (χ0v) is 4.38. The molecule has 0 rings (SSSR count). The van der Waals surface area contributed by atoms with Gasteiger partial charge < -0.3 is 15.9 Å². The minimum Gasteiger partial charge on any atom is -0.480 e. The summed E-state index contributed by atoms with van der Waals surface area (Å²) in [6, 6.07) is -2.67. The van der Waals surface area contributed by atoms with E-state index in [1.165, 1.54) is 0 Å². The van der Waals surface area contributed by atoms with E-state index in [0.717, 1.165) is 6.92 Å². The second-order valence-electron chi connectivity index (χ2n) is 1.30. The molecule has 48 valence electrons. The highest BCUT2D eigenvalue weighted by atomic mass is 16.4. The summed E-state index contributed by atoms with van der Waals surface area (Å²) in [7, 11) is 0. The summed E-state index contributed by atoms with van der Waals surface area (Å²) in [4.78, 5) is 10.1. The Bertz CT molecular complexity index is 151. The molecule has 0 aliphatic carbocycles. The van der Waals surface area contributed by atoms with Gasteiger partial charge in [-0.05, 0) is 6.92 Å². The summed E-state index contributed by atoms with van der Waals surface area (Å²) < 4.78 is 13.5. The van der Waals surface area contributed by atoms with Gasteiger partial charge in [-0.15, -0.1) is 0 Å². The molecule has 0 aliphatic rings. The first-order chi connectivity index (χ1) is 4.19. The summed E-state index contributed by atoms with van der Waals surface area (Å²) in [6.45, 7) is 0.841. The van der Waals surface area contributed by atoms with Gasteiger partial charge in [-0.25, -0.2) is 0 Å². The lowest BCUT2D eigenvalue weighted by molar-refractivity contribution is -0.140. The summed E-state index contributed by atoms with van der Waals surface area (Å²) in [5, 5.41) is 16.9. The number of carbonyl (C=O) groups is 1. The van der Waals surface area contributed by atoms with Gasteiger partial charge in [-0.1, -0.05) is 0 Å². The maximum atomic E-state index is 10.1. The Balaban J connectivity index is 4.57. The van der Waals surface area contributed by atoms with Crippen LogP contribution in [0.1, 0.15) is 9.67 Å². The molecule has 0 heterocycles. The van der Waals surface area contributed by atoms with Crippen molar-refractivity contribution in [2.45, 2.75) is 19.0 Å². The number of nitrogens with two attached hydrogens (primary N) is 1. The van der Waals surface area contributed by atoms with E-state index >= 15 is 0 Å². The van der Waals surface area contributed by atoms with Crippen LogP contribution < -0.4 is 5.73 Å². The highest BCUT2D eigenvalue weighted by Crippen LogP contribution is 1.85. The van der Waals surface area contributed by atoms with E-state index in [2.05, 4.69) is 0 Å². The predicted molar refractivity (Wildman–Crippen MR) is 27.3 cm³/mol. The molecule has 0 saturated carbocycles. The smallest absolute Gasteiger partial charge is 0.323 e. The minimum atomic E-state index is -2.67. The molecule has 0 amide bonds. The van der Waals surface area contributed by atoms with Gasteiger partial charge in [0.2, 0.25) is 0 Å². The van der Waals surface area contributed by atoms with Crippen molar-refractivity contribution < 1.29 is 17.7 Å². The lowest BCUT2D eigenvalue weighted by atomic mass is 10.3. The molecule has 0 saturated heterocycles. The van der Waals surface area contributed by atoms with E-state index in [0.29, 0.717) is 0 Å². The fraction of sp³-hybridized carbons (Fsp3) is 0.750. The second-order valence-corrected chi connectivity index (χ2v) is 1.30. The molecule has 1 unspecified atom stereocenters. The van der Waals surface area contributed by atoms with Crippen LogP contribution in [-0.2, 0) is 4.79 Å². The van der Waals surface area contributed by atoms with Crippen molar-refractivity contribution in [3.8, 4) is 0 Å². The highest BCUT2D eigenvalue weighted by Gasteiger charge is 2.16. The standard InChI is InChI=1S/C4H9NO3/c1-2(6)3(5)4(7)8/h2-3,6H,5H2,1H3,(H,7,8)/t2?,3-/m0/s1/i1+1,2D,3D. The number of aliphatic carboxylic acids is 1. The van der Waals surface area contributed by atoms with E-state index < -0.39 is 18.1 Å². The third kappa shape index (κ3) is 1.90. The number of hydrogen-bond acceptors (Lipinski definition) is 3. The molecular formula is C4H9NO3. The molecule has 0 bridgehead atoms. The summed E-state index contributed by atoms with van der Waals surface area (Å²) >= 11 is 0. The third-order valence-electron chi connectivity index (χ3n) is 0.620. The fourth-order valence-electron chi connectivity index (χ4n) is 0.155. The number of carboxylic acids is 1. The van der Waals surface area contributed by atoms with Crippen molar-refractivity contribution in [2.24, 2.45) is 5.73 Å². The molecule has 0 radical (unpaired) electrons. The maximum Gasteiger partial charge on any atom is 0.323 e. The van der Waals surface area contributed by atoms with Crippen molar-refractivity contribution in [2.75, 3.05) is 0 Å². The molecule has 0 aromatic rings. The molecule has 2 atom stereocenters. The topological polar surface area (TPSA) is 83.5 Å². The van der Waals surface area contributed by atoms with Gasteiger partial charge in [0.15, 0.2) is 0 Å². The third-order valence-corrected chi connectivity index (χ3v) is 0.620. The number of rotatable bonds is 2. The normalized spacial score (nSPS) is 28.9. The van der Waals surface area contributed by atoms with Gasteiger partial charge in [0.1, 0.15) is 6.02 Å². The van der Waals surface area contributed by atoms with Crippen molar-refractivity contribution in [1.82, 2.24) is 0 Å². The maximum absolute atomic E-state index is 10.1.